The molecule has 22 heavy (non-hydrogen) atoms. The van der Waals surface area contributed by atoms with E-state index in [-0.39, 0.29) is 5.95 Å². The summed E-state index contributed by atoms with van der Waals surface area (Å²) in [7, 11) is 0. The number of halogens is 3. The van der Waals surface area contributed by atoms with E-state index in [0.717, 1.165) is 35.9 Å². The standard InChI is InChI=1S/C15H15F3N4/c16-15(17,18)13-20-14(19)22(21-13)11-3-1-2-10(8-4-5-8)12(11)9-6-7-9/h1-3,8-9H,4-7H2,(H2,19,20,21). The van der Waals surface area contributed by atoms with E-state index >= 15 is 0 Å². The molecule has 0 saturated heterocycles. The largest absolute Gasteiger partial charge is 0.453 e. The molecule has 116 valence electrons. The fourth-order valence-corrected chi connectivity index (χ4v) is 2.94. The van der Waals surface area contributed by atoms with Crippen molar-refractivity contribution >= 4 is 5.95 Å². The molecular weight excluding hydrogens is 293 g/mol. The number of nitrogen functional groups attached to an aromatic ring is 1. The molecule has 0 amide bonds. The second-order valence-corrected chi connectivity index (χ2v) is 6.03. The van der Waals surface area contributed by atoms with Crippen LogP contribution in [0, 0.1) is 0 Å². The van der Waals surface area contributed by atoms with E-state index in [9.17, 15) is 13.2 Å². The van der Waals surface area contributed by atoms with Gasteiger partial charge in [-0.2, -0.15) is 22.8 Å². The first-order valence-corrected chi connectivity index (χ1v) is 7.38. The first-order chi connectivity index (χ1) is 10.4. The number of aromatic nitrogens is 3. The highest BCUT2D eigenvalue weighted by molar-refractivity contribution is 5.53. The maximum absolute atomic E-state index is 12.8. The van der Waals surface area contributed by atoms with Gasteiger partial charge in [0.15, 0.2) is 0 Å². The molecule has 4 rings (SSSR count). The second kappa shape index (κ2) is 4.47. The fraction of sp³-hybridized carbons (Fsp3) is 0.467. The molecule has 2 N–H and O–H groups in total. The van der Waals surface area contributed by atoms with Crippen LogP contribution < -0.4 is 5.73 Å². The van der Waals surface area contributed by atoms with Gasteiger partial charge < -0.3 is 5.73 Å². The summed E-state index contributed by atoms with van der Waals surface area (Å²) in [6.45, 7) is 0. The van der Waals surface area contributed by atoms with Crippen molar-refractivity contribution in [2.45, 2.75) is 43.7 Å². The van der Waals surface area contributed by atoms with E-state index in [4.69, 9.17) is 5.73 Å². The van der Waals surface area contributed by atoms with Crippen LogP contribution in [0.2, 0.25) is 0 Å². The van der Waals surface area contributed by atoms with Crippen LogP contribution in [0.1, 0.15) is 54.5 Å². The van der Waals surface area contributed by atoms with Crippen molar-refractivity contribution in [3.05, 3.63) is 35.2 Å². The van der Waals surface area contributed by atoms with Crippen LogP contribution in [-0.4, -0.2) is 14.8 Å². The quantitative estimate of drug-likeness (QED) is 0.942. The third-order valence-electron chi connectivity index (χ3n) is 4.23. The minimum absolute atomic E-state index is 0.220. The molecule has 0 aliphatic heterocycles. The number of hydrogen-bond acceptors (Lipinski definition) is 3. The number of rotatable bonds is 3. The third kappa shape index (κ3) is 2.24. The number of hydrogen-bond donors (Lipinski definition) is 1. The predicted octanol–water partition coefficient (Wildman–Crippen LogP) is 3.62. The van der Waals surface area contributed by atoms with Gasteiger partial charge in [0.1, 0.15) is 0 Å². The lowest BCUT2D eigenvalue weighted by molar-refractivity contribution is -0.144. The Hall–Kier alpha value is -2.05. The summed E-state index contributed by atoms with van der Waals surface area (Å²) in [6, 6.07) is 5.72. The van der Waals surface area contributed by atoms with Crippen LogP contribution in [0.15, 0.2) is 18.2 Å². The molecule has 2 aliphatic carbocycles. The topological polar surface area (TPSA) is 56.7 Å². The van der Waals surface area contributed by atoms with Crippen molar-refractivity contribution in [1.82, 2.24) is 14.8 Å². The van der Waals surface area contributed by atoms with Crippen molar-refractivity contribution in [2.75, 3.05) is 5.73 Å². The molecule has 1 aromatic carbocycles. The van der Waals surface area contributed by atoms with Crippen molar-refractivity contribution in [1.29, 1.82) is 0 Å². The van der Waals surface area contributed by atoms with Gasteiger partial charge in [0.05, 0.1) is 5.69 Å². The normalized spacial score (nSPS) is 18.7. The highest BCUT2D eigenvalue weighted by Crippen LogP contribution is 2.51. The fourth-order valence-electron chi connectivity index (χ4n) is 2.94. The van der Waals surface area contributed by atoms with E-state index in [2.05, 4.69) is 16.1 Å². The molecule has 0 unspecified atom stereocenters. The van der Waals surface area contributed by atoms with Crippen LogP contribution in [0.3, 0.4) is 0 Å². The lowest BCUT2D eigenvalue weighted by atomic mass is 9.97. The van der Waals surface area contributed by atoms with Gasteiger partial charge in [-0.05, 0) is 54.7 Å². The summed E-state index contributed by atoms with van der Waals surface area (Å²) < 4.78 is 39.5. The highest BCUT2D eigenvalue weighted by atomic mass is 19.4. The molecule has 2 saturated carbocycles. The molecule has 0 bridgehead atoms. The van der Waals surface area contributed by atoms with Crippen molar-refractivity contribution in [3.63, 3.8) is 0 Å². The molecule has 2 aromatic rings. The minimum atomic E-state index is -4.59. The number of nitrogens with two attached hydrogens (primary N) is 1. The van der Waals surface area contributed by atoms with Gasteiger partial charge in [0.25, 0.3) is 5.82 Å². The zero-order valence-corrected chi connectivity index (χ0v) is 11.8. The van der Waals surface area contributed by atoms with E-state index < -0.39 is 12.0 Å². The summed E-state index contributed by atoms with van der Waals surface area (Å²) in [5.41, 5.74) is 8.68. The predicted molar refractivity (Wildman–Crippen MR) is 74.7 cm³/mol. The summed E-state index contributed by atoms with van der Waals surface area (Å²) in [6.07, 6.45) is -0.171. The summed E-state index contributed by atoms with van der Waals surface area (Å²) in [5.74, 6) is -0.474. The Morgan fingerprint density at radius 3 is 2.32 bits per heavy atom. The van der Waals surface area contributed by atoms with Gasteiger partial charge in [-0.25, -0.2) is 0 Å². The van der Waals surface area contributed by atoms with E-state index in [0.29, 0.717) is 17.5 Å². The average Bonchev–Trinajstić information content (AvgIpc) is 3.34. The number of benzene rings is 1. The van der Waals surface area contributed by atoms with Crippen LogP contribution in [0.4, 0.5) is 19.1 Å². The lowest BCUT2D eigenvalue weighted by Crippen LogP contribution is -2.10. The van der Waals surface area contributed by atoms with Gasteiger partial charge in [0, 0.05) is 0 Å². The van der Waals surface area contributed by atoms with Gasteiger partial charge in [-0.1, -0.05) is 12.1 Å². The van der Waals surface area contributed by atoms with Gasteiger partial charge in [0.2, 0.25) is 5.95 Å². The maximum Gasteiger partial charge on any atom is 0.453 e. The van der Waals surface area contributed by atoms with E-state index in [1.54, 1.807) is 6.07 Å². The minimum Gasteiger partial charge on any atom is -0.368 e. The number of anilines is 1. The molecule has 1 aromatic heterocycles. The van der Waals surface area contributed by atoms with Gasteiger partial charge in [-0.15, -0.1) is 5.10 Å². The molecule has 2 fully saturated rings. The summed E-state index contributed by atoms with van der Waals surface area (Å²) in [5, 5.41) is 3.60. The molecular formula is C15H15F3N4. The third-order valence-corrected chi connectivity index (χ3v) is 4.23. The number of nitrogens with zero attached hydrogens (tertiary/aromatic N) is 3. The second-order valence-electron chi connectivity index (χ2n) is 6.03. The van der Waals surface area contributed by atoms with Crippen LogP contribution in [0.25, 0.3) is 5.69 Å². The molecule has 0 spiro atoms. The smallest absolute Gasteiger partial charge is 0.368 e. The zero-order valence-electron chi connectivity index (χ0n) is 11.8. The Morgan fingerprint density at radius 1 is 1.09 bits per heavy atom. The molecule has 0 radical (unpaired) electrons. The Kier molecular flexibility index (Phi) is 2.76. The zero-order chi connectivity index (χ0) is 15.5. The van der Waals surface area contributed by atoms with E-state index in [1.165, 1.54) is 5.56 Å². The molecule has 2 aliphatic rings. The van der Waals surface area contributed by atoms with Gasteiger partial charge in [-0.3, -0.25) is 0 Å². The Bertz CT molecular complexity index is 727. The molecule has 1 heterocycles. The molecule has 0 atom stereocenters. The highest BCUT2D eigenvalue weighted by Gasteiger charge is 2.39. The maximum atomic E-state index is 12.8. The molecule has 7 heteroatoms. The van der Waals surface area contributed by atoms with Crippen molar-refractivity contribution in [2.24, 2.45) is 0 Å². The summed E-state index contributed by atoms with van der Waals surface area (Å²) in [4.78, 5) is 3.37. The number of alkyl halides is 3. The van der Waals surface area contributed by atoms with Crippen LogP contribution >= 0.6 is 0 Å². The SMILES string of the molecule is Nc1nc(C(F)(F)F)nn1-c1cccc(C2CC2)c1C1CC1. The first-order valence-electron chi connectivity index (χ1n) is 7.38. The van der Waals surface area contributed by atoms with Crippen molar-refractivity contribution < 1.29 is 13.2 Å². The average molecular weight is 308 g/mol. The first kappa shape index (κ1) is 13.6. The van der Waals surface area contributed by atoms with Crippen LogP contribution in [-0.2, 0) is 6.18 Å². The van der Waals surface area contributed by atoms with Crippen LogP contribution in [0.5, 0.6) is 0 Å². The Morgan fingerprint density at radius 2 is 1.77 bits per heavy atom. The van der Waals surface area contributed by atoms with Crippen molar-refractivity contribution in [3.8, 4) is 5.69 Å². The Balaban J connectivity index is 1.86. The lowest BCUT2D eigenvalue weighted by Gasteiger charge is -2.14. The monoisotopic (exact) mass is 308 g/mol. The van der Waals surface area contributed by atoms with Gasteiger partial charge >= 0.3 is 6.18 Å². The molecule has 4 nitrogen and oxygen atoms in total. The van der Waals surface area contributed by atoms with E-state index in [1.807, 2.05) is 6.07 Å². The summed E-state index contributed by atoms with van der Waals surface area (Å²) >= 11 is 0. The Labute approximate surface area is 125 Å².